The average Bonchev–Trinajstić information content (AvgIpc) is 2.49. The fraction of sp³-hybridized carbons (Fsp3) is 0.684. The van der Waals surface area contributed by atoms with E-state index in [-0.39, 0.29) is 0 Å². The Bertz CT molecular complexity index is 571. The van der Waals surface area contributed by atoms with Crippen LogP contribution in [0.2, 0.25) is 0 Å². The highest BCUT2D eigenvalue weighted by atomic mass is 32.2. The maximum Gasteiger partial charge on any atom is 0.155 e. The van der Waals surface area contributed by atoms with Crippen LogP contribution in [0, 0.1) is 5.92 Å². The molecule has 4 heteroatoms. The molecule has 1 atom stereocenters. The van der Waals surface area contributed by atoms with Gasteiger partial charge in [0.05, 0.1) is 17.6 Å². The van der Waals surface area contributed by atoms with Gasteiger partial charge in [0.25, 0.3) is 0 Å². The van der Waals surface area contributed by atoms with Crippen molar-refractivity contribution in [3.05, 3.63) is 29.8 Å². The molecule has 1 aromatic carbocycles. The van der Waals surface area contributed by atoms with E-state index in [0.29, 0.717) is 11.7 Å². The molecule has 132 valence electrons. The molecular formula is C19H32O3S. The predicted octanol–water partition coefficient (Wildman–Crippen LogP) is 4.65. The van der Waals surface area contributed by atoms with Crippen molar-refractivity contribution in [1.29, 1.82) is 0 Å². The molecule has 0 spiro atoms. The van der Waals surface area contributed by atoms with Gasteiger partial charge in [0.15, 0.2) is 9.84 Å². The first-order valence-corrected chi connectivity index (χ1v) is 10.2. The summed E-state index contributed by atoms with van der Waals surface area (Å²) in [6.45, 7) is 7.50. The van der Waals surface area contributed by atoms with Gasteiger partial charge in [-0.2, -0.15) is 0 Å². The second-order valence-corrected chi connectivity index (χ2v) is 10.1. The van der Waals surface area contributed by atoms with Crippen LogP contribution >= 0.6 is 0 Å². The highest BCUT2D eigenvalue weighted by molar-refractivity contribution is 7.92. The van der Waals surface area contributed by atoms with E-state index in [4.69, 9.17) is 4.74 Å². The Balaban J connectivity index is 2.49. The number of para-hydroxylation sites is 1. The van der Waals surface area contributed by atoms with Gasteiger partial charge in [-0.25, -0.2) is 8.42 Å². The van der Waals surface area contributed by atoms with Crippen LogP contribution in [-0.4, -0.2) is 26.0 Å². The molecule has 0 radical (unpaired) electrons. The molecule has 0 amide bonds. The molecule has 0 saturated heterocycles. The van der Waals surface area contributed by atoms with Crippen LogP contribution in [0.25, 0.3) is 0 Å². The minimum Gasteiger partial charge on any atom is -0.496 e. The first kappa shape index (κ1) is 20.0. The molecule has 3 nitrogen and oxygen atoms in total. The van der Waals surface area contributed by atoms with E-state index in [1.807, 2.05) is 18.2 Å². The summed E-state index contributed by atoms with van der Waals surface area (Å²) in [6, 6.07) is 8.10. The van der Waals surface area contributed by atoms with Crippen LogP contribution in [0.15, 0.2) is 24.3 Å². The Kier molecular flexibility index (Phi) is 7.59. The van der Waals surface area contributed by atoms with Crippen LogP contribution in [0.1, 0.15) is 58.9 Å². The highest BCUT2D eigenvalue weighted by Crippen LogP contribution is 2.24. The van der Waals surface area contributed by atoms with E-state index >= 15 is 0 Å². The normalized spacial score (nSPS) is 13.8. The number of aryl methyl sites for hydroxylation is 1. The Morgan fingerprint density at radius 1 is 1.13 bits per heavy atom. The average molecular weight is 341 g/mol. The van der Waals surface area contributed by atoms with E-state index in [0.717, 1.165) is 37.9 Å². The van der Waals surface area contributed by atoms with Crippen molar-refractivity contribution in [2.45, 2.75) is 64.5 Å². The van der Waals surface area contributed by atoms with Gasteiger partial charge < -0.3 is 4.74 Å². The minimum atomic E-state index is -3.01. The lowest BCUT2D eigenvalue weighted by Crippen LogP contribution is -2.31. The molecule has 23 heavy (non-hydrogen) atoms. The smallest absolute Gasteiger partial charge is 0.155 e. The molecule has 0 bridgehead atoms. The van der Waals surface area contributed by atoms with Crippen molar-refractivity contribution >= 4 is 9.84 Å². The van der Waals surface area contributed by atoms with Crippen LogP contribution < -0.4 is 4.74 Å². The van der Waals surface area contributed by atoms with Gasteiger partial charge in [-0.3, -0.25) is 0 Å². The zero-order valence-electron chi connectivity index (χ0n) is 15.3. The lowest BCUT2D eigenvalue weighted by molar-refractivity contribution is 0.404. The molecule has 0 N–H and O–H groups in total. The molecule has 0 aliphatic carbocycles. The quantitative estimate of drug-likeness (QED) is 0.657. The number of ether oxygens (including phenoxy) is 1. The molecular weight excluding hydrogens is 308 g/mol. The van der Waals surface area contributed by atoms with Gasteiger partial charge in [0.1, 0.15) is 5.75 Å². The van der Waals surface area contributed by atoms with Gasteiger partial charge in [-0.15, -0.1) is 0 Å². The number of rotatable bonds is 9. The summed E-state index contributed by atoms with van der Waals surface area (Å²) in [7, 11) is -1.31. The third kappa shape index (κ3) is 6.17. The SMILES string of the molecule is CC[C@@H](CCCc1ccccc1OC)CCS(=O)(=O)C(C)(C)C. The third-order valence-corrected chi connectivity index (χ3v) is 7.20. The van der Waals surface area contributed by atoms with Gasteiger partial charge >= 0.3 is 0 Å². The Morgan fingerprint density at radius 2 is 1.78 bits per heavy atom. The summed E-state index contributed by atoms with van der Waals surface area (Å²) in [4.78, 5) is 0. The fourth-order valence-electron chi connectivity index (χ4n) is 2.67. The fourth-order valence-corrected chi connectivity index (χ4v) is 3.93. The number of hydrogen-bond acceptors (Lipinski definition) is 3. The van der Waals surface area contributed by atoms with Crippen molar-refractivity contribution in [3.63, 3.8) is 0 Å². The zero-order valence-corrected chi connectivity index (χ0v) is 16.1. The van der Waals surface area contributed by atoms with E-state index in [2.05, 4.69) is 13.0 Å². The molecule has 0 fully saturated rings. The van der Waals surface area contributed by atoms with E-state index in [9.17, 15) is 8.42 Å². The molecule has 0 heterocycles. The minimum absolute atomic E-state index is 0.295. The first-order chi connectivity index (χ1) is 10.7. The monoisotopic (exact) mass is 340 g/mol. The number of benzene rings is 1. The standard InChI is InChI=1S/C19H32O3S/c1-6-16(14-15-23(20,21)19(2,3)4)10-9-12-17-11-7-8-13-18(17)22-5/h7-8,11,13,16H,6,9-10,12,14-15H2,1-5H3/t16-/m0/s1. The maximum atomic E-state index is 12.2. The van der Waals surface area contributed by atoms with Crippen molar-refractivity contribution in [2.75, 3.05) is 12.9 Å². The summed E-state index contributed by atoms with van der Waals surface area (Å²) < 4.78 is 29.2. The van der Waals surface area contributed by atoms with Crippen molar-refractivity contribution < 1.29 is 13.2 Å². The maximum absolute atomic E-state index is 12.2. The Morgan fingerprint density at radius 3 is 2.35 bits per heavy atom. The second kappa shape index (κ2) is 8.72. The van der Waals surface area contributed by atoms with Crippen LogP contribution in [0.3, 0.4) is 0 Å². The van der Waals surface area contributed by atoms with Crippen LogP contribution in [0.5, 0.6) is 5.75 Å². The van der Waals surface area contributed by atoms with Gasteiger partial charge in [0, 0.05) is 0 Å². The number of sulfone groups is 1. The van der Waals surface area contributed by atoms with E-state index in [1.165, 1.54) is 5.56 Å². The van der Waals surface area contributed by atoms with Crippen LogP contribution in [-0.2, 0) is 16.3 Å². The molecule has 1 rings (SSSR count). The molecule has 0 unspecified atom stereocenters. The van der Waals surface area contributed by atoms with Crippen LogP contribution in [0.4, 0.5) is 0 Å². The number of hydrogen-bond donors (Lipinski definition) is 0. The molecule has 0 aliphatic rings. The summed E-state index contributed by atoms with van der Waals surface area (Å²) in [5.41, 5.74) is 1.23. The summed E-state index contributed by atoms with van der Waals surface area (Å²) in [6.07, 6.45) is 4.91. The van der Waals surface area contributed by atoms with Gasteiger partial charge in [-0.05, 0) is 57.6 Å². The zero-order chi connectivity index (χ0) is 17.5. The first-order valence-electron chi connectivity index (χ1n) is 8.55. The summed E-state index contributed by atoms with van der Waals surface area (Å²) in [5, 5.41) is 0. The van der Waals surface area contributed by atoms with Gasteiger partial charge in [0.2, 0.25) is 0 Å². The Hall–Kier alpha value is -1.03. The predicted molar refractivity (Wildman–Crippen MR) is 97.9 cm³/mol. The molecule has 0 aromatic heterocycles. The van der Waals surface area contributed by atoms with E-state index in [1.54, 1.807) is 27.9 Å². The Labute approximate surface area is 142 Å². The molecule has 1 aromatic rings. The van der Waals surface area contributed by atoms with Gasteiger partial charge in [-0.1, -0.05) is 38.0 Å². The summed E-state index contributed by atoms with van der Waals surface area (Å²) in [5.74, 6) is 1.71. The molecule has 0 aliphatic heterocycles. The lowest BCUT2D eigenvalue weighted by atomic mass is 9.95. The van der Waals surface area contributed by atoms with E-state index < -0.39 is 14.6 Å². The highest BCUT2D eigenvalue weighted by Gasteiger charge is 2.29. The topological polar surface area (TPSA) is 43.4 Å². The number of methoxy groups -OCH3 is 1. The van der Waals surface area contributed by atoms with Crippen molar-refractivity contribution in [3.8, 4) is 5.75 Å². The molecule has 0 saturated carbocycles. The van der Waals surface area contributed by atoms with Crippen molar-refractivity contribution in [2.24, 2.45) is 5.92 Å². The third-order valence-electron chi connectivity index (χ3n) is 4.56. The largest absolute Gasteiger partial charge is 0.496 e. The van der Waals surface area contributed by atoms with Crippen molar-refractivity contribution in [1.82, 2.24) is 0 Å². The second-order valence-electron chi connectivity index (χ2n) is 7.20. The summed E-state index contributed by atoms with van der Waals surface area (Å²) >= 11 is 0. The lowest BCUT2D eigenvalue weighted by Gasteiger charge is -2.21.